The van der Waals surface area contributed by atoms with Gasteiger partial charge in [0.15, 0.2) is 0 Å². The fourth-order valence-corrected chi connectivity index (χ4v) is 6.79. The van der Waals surface area contributed by atoms with Crippen LogP contribution in [0.2, 0.25) is 0 Å². The number of nitrogens with zero attached hydrogens (tertiary/aromatic N) is 1. The first kappa shape index (κ1) is 18.4. The van der Waals surface area contributed by atoms with Crippen LogP contribution in [0.5, 0.6) is 0 Å². The summed E-state index contributed by atoms with van der Waals surface area (Å²) in [5.41, 5.74) is 10.6. The van der Waals surface area contributed by atoms with Crippen LogP contribution in [0.15, 0.2) is 42.6 Å². The van der Waals surface area contributed by atoms with Crippen LogP contribution in [0.4, 0.5) is 0 Å². The number of H-pyrrole nitrogens is 1. The molecule has 2 aromatic carbocycles. The second kappa shape index (κ2) is 7.11. The molecule has 0 aliphatic heterocycles. The Bertz CT molecular complexity index is 1060. The van der Waals surface area contributed by atoms with E-state index in [1.807, 2.05) is 6.20 Å². The van der Waals surface area contributed by atoms with Crippen molar-refractivity contribution in [2.75, 3.05) is 0 Å². The van der Waals surface area contributed by atoms with E-state index < -0.39 is 0 Å². The van der Waals surface area contributed by atoms with Crippen molar-refractivity contribution >= 4 is 0 Å². The zero-order valence-corrected chi connectivity index (χ0v) is 18.1. The normalized spacial score (nSPS) is 20.3. The molecule has 2 saturated carbocycles. The molecule has 3 aliphatic rings. The Morgan fingerprint density at radius 2 is 1.60 bits per heavy atom. The van der Waals surface area contributed by atoms with Crippen molar-refractivity contribution in [1.29, 1.82) is 0 Å². The van der Waals surface area contributed by atoms with Crippen molar-refractivity contribution in [3.8, 4) is 22.4 Å². The van der Waals surface area contributed by atoms with E-state index in [1.165, 1.54) is 92.3 Å². The zero-order chi connectivity index (χ0) is 20.1. The number of fused-ring (bicyclic) bond motifs is 2. The van der Waals surface area contributed by atoms with Crippen LogP contribution >= 0.6 is 0 Å². The maximum atomic E-state index is 4.70. The Morgan fingerprint density at radius 3 is 2.37 bits per heavy atom. The number of nitrogens with one attached hydrogen (secondary N) is 1. The molecule has 0 atom stereocenters. The summed E-state index contributed by atoms with van der Waals surface area (Å²) >= 11 is 0. The smallest absolute Gasteiger partial charge is 0.109 e. The summed E-state index contributed by atoms with van der Waals surface area (Å²) < 4.78 is 0. The maximum absolute atomic E-state index is 4.70. The van der Waals surface area contributed by atoms with Crippen LogP contribution < -0.4 is 0 Å². The number of benzene rings is 2. The average Bonchev–Trinajstić information content (AvgIpc) is 3.57. The molecule has 0 saturated heterocycles. The third-order valence-electron chi connectivity index (χ3n) is 8.31. The summed E-state index contributed by atoms with van der Waals surface area (Å²) in [5, 5.41) is 0. The Hall–Kier alpha value is -2.35. The van der Waals surface area contributed by atoms with E-state index >= 15 is 0 Å². The van der Waals surface area contributed by atoms with Crippen LogP contribution in [0.1, 0.15) is 86.2 Å². The zero-order valence-electron chi connectivity index (χ0n) is 18.1. The van der Waals surface area contributed by atoms with Gasteiger partial charge in [0.25, 0.3) is 0 Å². The molecule has 3 aromatic rings. The molecule has 1 N–H and O–H groups in total. The van der Waals surface area contributed by atoms with Gasteiger partial charge in [-0.05, 0) is 84.2 Å². The molecule has 1 spiro atoms. The Balaban J connectivity index is 1.32. The quantitative estimate of drug-likeness (QED) is 0.489. The third-order valence-corrected chi connectivity index (χ3v) is 8.31. The lowest BCUT2D eigenvalue weighted by Crippen LogP contribution is -2.19. The number of imidazole rings is 1. The van der Waals surface area contributed by atoms with Gasteiger partial charge in [-0.3, -0.25) is 0 Å². The minimum atomic E-state index is 0.488. The molecule has 2 fully saturated rings. The fraction of sp³-hybridized carbons (Fsp3) is 0.464. The van der Waals surface area contributed by atoms with Gasteiger partial charge < -0.3 is 4.98 Å². The Labute approximate surface area is 180 Å². The fourth-order valence-electron chi connectivity index (χ4n) is 6.79. The molecule has 0 unspecified atom stereocenters. The average molecular weight is 397 g/mol. The van der Waals surface area contributed by atoms with Crippen LogP contribution in [0, 0.1) is 6.92 Å². The Morgan fingerprint density at radius 1 is 0.867 bits per heavy atom. The molecule has 2 nitrogen and oxygen atoms in total. The first-order chi connectivity index (χ1) is 14.7. The van der Waals surface area contributed by atoms with Gasteiger partial charge >= 0.3 is 0 Å². The number of aromatic amines is 1. The van der Waals surface area contributed by atoms with Crippen LogP contribution in [-0.2, 0) is 11.8 Å². The molecule has 1 aromatic heterocycles. The van der Waals surface area contributed by atoms with E-state index in [-0.39, 0.29) is 0 Å². The molecule has 30 heavy (non-hydrogen) atoms. The van der Waals surface area contributed by atoms with Gasteiger partial charge in [0.2, 0.25) is 0 Å². The first-order valence-electron chi connectivity index (χ1n) is 12.0. The molecular formula is C28H32N2. The van der Waals surface area contributed by atoms with Gasteiger partial charge in [0, 0.05) is 5.92 Å². The highest BCUT2D eigenvalue weighted by Crippen LogP contribution is 2.53. The van der Waals surface area contributed by atoms with E-state index in [9.17, 15) is 0 Å². The van der Waals surface area contributed by atoms with Gasteiger partial charge in [-0.2, -0.15) is 0 Å². The summed E-state index contributed by atoms with van der Waals surface area (Å²) in [4.78, 5) is 8.30. The molecule has 0 bridgehead atoms. The second-order valence-electron chi connectivity index (χ2n) is 10.0. The lowest BCUT2D eigenvalue weighted by molar-refractivity contribution is 0.437. The van der Waals surface area contributed by atoms with Crippen LogP contribution in [0.3, 0.4) is 0 Å². The highest BCUT2D eigenvalue weighted by Gasteiger charge is 2.42. The van der Waals surface area contributed by atoms with Crippen molar-refractivity contribution in [1.82, 2.24) is 9.97 Å². The summed E-state index contributed by atoms with van der Waals surface area (Å²) in [6, 6.07) is 13.9. The largest absolute Gasteiger partial charge is 0.342 e. The Kier molecular flexibility index (Phi) is 4.37. The lowest BCUT2D eigenvalue weighted by atomic mass is 9.77. The molecule has 1 heterocycles. The predicted octanol–water partition coefficient (Wildman–Crippen LogP) is 7.47. The number of aromatic nitrogens is 2. The molecule has 3 aliphatic carbocycles. The molecular weight excluding hydrogens is 364 g/mol. The van der Waals surface area contributed by atoms with Gasteiger partial charge in [0.1, 0.15) is 5.82 Å². The number of hydrogen-bond acceptors (Lipinski definition) is 1. The predicted molar refractivity (Wildman–Crippen MR) is 124 cm³/mol. The van der Waals surface area contributed by atoms with E-state index in [4.69, 9.17) is 4.98 Å². The molecule has 6 rings (SSSR count). The van der Waals surface area contributed by atoms with Crippen LogP contribution in [-0.4, -0.2) is 9.97 Å². The van der Waals surface area contributed by atoms with E-state index in [0.717, 1.165) is 5.69 Å². The number of aryl methyl sites for hydroxylation is 1. The minimum absolute atomic E-state index is 0.488. The summed E-state index contributed by atoms with van der Waals surface area (Å²) in [6.45, 7) is 2.33. The van der Waals surface area contributed by atoms with Gasteiger partial charge in [-0.15, -0.1) is 0 Å². The van der Waals surface area contributed by atoms with Crippen molar-refractivity contribution in [3.05, 3.63) is 65.1 Å². The maximum Gasteiger partial charge on any atom is 0.109 e. The van der Waals surface area contributed by atoms with Crippen molar-refractivity contribution in [2.45, 2.75) is 82.5 Å². The van der Waals surface area contributed by atoms with Gasteiger partial charge in [-0.1, -0.05) is 62.1 Å². The SMILES string of the molecule is Cc1ccc(-c2ccc(-c3cnc(C4CCCC4)[nH]3)cc2)c2c1C1(CCCC1)CC2. The first-order valence-corrected chi connectivity index (χ1v) is 12.0. The summed E-state index contributed by atoms with van der Waals surface area (Å²) in [5.74, 6) is 1.82. The van der Waals surface area contributed by atoms with Crippen LogP contribution in [0.25, 0.3) is 22.4 Å². The summed E-state index contributed by atoms with van der Waals surface area (Å²) in [7, 11) is 0. The molecule has 0 radical (unpaired) electrons. The van der Waals surface area contributed by atoms with Crippen molar-refractivity contribution in [2.24, 2.45) is 0 Å². The van der Waals surface area contributed by atoms with Crippen molar-refractivity contribution < 1.29 is 0 Å². The third kappa shape index (κ3) is 2.87. The summed E-state index contributed by atoms with van der Waals surface area (Å²) in [6.07, 6.45) is 15.5. The molecule has 2 heteroatoms. The monoisotopic (exact) mass is 396 g/mol. The highest BCUT2D eigenvalue weighted by molar-refractivity contribution is 5.74. The topological polar surface area (TPSA) is 28.7 Å². The van der Waals surface area contributed by atoms with E-state index in [0.29, 0.717) is 11.3 Å². The van der Waals surface area contributed by atoms with E-state index in [1.54, 1.807) is 11.1 Å². The lowest BCUT2D eigenvalue weighted by Gasteiger charge is -2.26. The standard InChI is InChI=1S/C28H32N2/c1-19-8-13-23(24-14-17-28(26(19)24)15-4-5-16-28)20-9-11-21(12-10-20)25-18-29-27(30-25)22-6-2-3-7-22/h8-13,18,22H,2-7,14-17H2,1H3,(H,29,30). The minimum Gasteiger partial charge on any atom is -0.342 e. The number of hydrogen-bond donors (Lipinski definition) is 1. The van der Waals surface area contributed by atoms with Crippen molar-refractivity contribution in [3.63, 3.8) is 0 Å². The van der Waals surface area contributed by atoms with E-state index in [2.05, 4.69) is 48.3 Å². The van der Waals surface area contributed by atoms with Gasteiger partial charge in [-0.25, -0.2) is 4.98 Å². The molecule has 0 amide bonds. The molecule has 154 valence electrons. The van der Waals surface area contributed by atoms with Gasteiger partial charge in [0.05, 0.1) is 11.9 Å². The second-order valence-corrected chi connectivity index (χ2v) is 10.0. The highest BCUT2D eigenvalue weighted by atomic mass is 14.9. The number of rotatable bonds is 3.